The normalized spacial score (nSPS) is 10.7. The van der Waals surface area contributed by atoms with Crippen molar-refractivity contribution in [3.63, 3.8) is 0 Å². The van der Waals surface area contributed by atoms with Crippen molar-refractivity contribution in [3.05, 3.63) is 71.9 Å². The molecule has 0 saturated heterocycles. The van der Waals surface area contributed by atoms with Gasteiger partial charge in [-0.1, -0.05) is 42.3 Å². The minimum Gasteiger partial charge on any atom is -0.487 e. The van der Waals surface area contributed by atoms with Crippen LogP contribution >= 0.6 is 0 Å². The number of benzene rings is 2. The highest BCUT2D eigenvalue weighted by molar-refractivity contribution is 5.78. The van der Waals surface area contributed by atoms with Gasteiger partial charge in [0.1, 0.15) is 12.4 Å². The Bertz CT molecular complexity index is 867. The molecule has 0 spiro atoms. The third-order valence-corrected chi connectivity index (χ3v) is 3.75. The largest absolute Gasteiger partial charge is 0.487 e. The van der Waals surface area contributed by atoms with E-state index in [4.69, 9.17) is 11.2 Å². The van der Waals surface area contributed by atoms with Gasteiger partial charge in [0.2, 0.25) is 0 Å². The number of rotatable bonds is 6. The fourth-order valence-corrected chi connectivity index (χ4v) is 2.60. The summed E-state index contributed by atoms with van der Waals surface area (Å²) in [5.74, 6) is 3.49. The maximum Gasteiger partial charge on any atom is 0.130 e. The molecule has 3 rings (SSSR count). The number of pyridine rings is 1. The number of terminal acetylenes is 1. The van der Waals surface area contributed by atoms with Gasteiger partial charge >= 0.3 is 0 Å². The molecule has 1 aromatic heterocycles. The molecule has 0 atom stereocenters. The van der Waals surface area contributed by atoms with Crippen molar-refractivity contribution in [2.75, 3.05) is 13.6 Å². The smallest absolute Gasteiger partial charge is 0.130 e. The van der Waals surface area contributed by atoms with E-state index in [0.29, 0.717) is 13.2 Å². The zero-order valence-electron chi connectivity index (χ0n) is 13.8. The zero-order valence-corrected chi connectivity index (χ0v) is 13.8. The summed E-state index contributed by atoms with van der Waals surface area (Å²) >= 11 is 0. The molecule has 0 aliphatic carbocycles. The van der Waals surface area contributed by atoms with Gasteiger partial charge in [-0.15, -0.1) is 6.42 Å². The molecule has 1 heterocycles. The number of hydrogen-bond donors (Lipinski definition) is 0. The van der Waals surface area contributed by atoms with Crippen LogP contribution in [0.1, 0.15) is 11.3 Å². The average Bonchev–Trinajstić information content (AvgIpc) is 2.60. The highest BCUT2D eigenvalue weighted by atomic mass is 16.5. The molecular weight excluding hydrogens is 296 g/mol. The number of ether oxygens (including phenoxy) is 1. The Labute approximate surface area is 142 Å². The van der Waals surface area contributed by atoms with E-state index in [9.17, 15) is 0 Å². The third kappa shape index (κ3) is 4.13. The Morgan fingerprint density at radius 3 is 2.83 bits per heavy atom. The van der Waals surface area contributed by atoms with Crippen LogP contribution in [0.2, 0.25) is 0 Å². The van der Waals surface area contributed by atoms with E-state index in [1.165, 1.54) is 5.56 Å². The third-order valence-electron chi connectivity index (χ3n) is 3.75. The molecule has 0 bridgehead atoms. The number of fused-ring (bicyclic) bond motifs is 1. The van der Waals surface area contributed by atoms with Crippen LogP contribution < -0.4 is 4.74 Å². The maximum atomic E-state index is 5.90. The van der Waals surface area contributed by atoms with E-state index in [1.807, 2.05) is 49.5 Å². The standard InChI is InChI=1S/C21H20N2O/c1-3-13-23(2)15-17-7-6-9-20(14-17)24-16-19-12-11-18-8-4-5-10-21(18)22-19/h1,4-12,14H,13,15-16H2,2H3. The lowest BCUT2D eigenvalue weighted by atomic mass is 10.2. The van der Waals surface area contributed by atoms with Crippen LogP contribution in [0.15, 0.2) is 60.7 Å². The van der Waals surface area contributed by atoms with Crippen molar-refractivity contribution in [2.45, 2.75) is 13.2 Å². The lowest BCUT2D eigenvalue weighted by molar-refractivity contribution is 0.300. The highest BCUT2D eigenvalue weighted by Gasteiger charge is 2.03. The molecule has 2 aromatic carbocycles. The summed E-state index contributed by atoms with van der Waals surface area (Å²) in [6.07, 6.45) is 5.34. The van der Waals surface area contributed by atoms with Gasteiger partial charge in [-0.05, 0) is 36.9 Å². The minimum atomic E-state index is 0.453. The molecule has 0 aliphatic heterocycles. The van der Waals surface area contributed by atoms with E-state index in [0.717, 1.165) is 28.9 Å². The topological polar surface area (TPSA) is 25.4 Å². The molecule has 0 fully saturated rings. The van der Waals surface area contributed by atoms with Crippen LogP contribution in [-0.2, 0) is 13.2 Å². The highest BCUT2D eigenvalue weighted by Crippen LogP contribution is 2.17. The Kier molecular flexibility index (Phi) is 5.10. The van der Waals surface area contributed by atoms with Crippen molar-refractivity contribution in [3.8, 4) is 18.1 Å². The van der Waals surface area contributed by atoms with E-state index < -0.39 is 0 Å². The van der Waals surface area contributed by atoms with E-state index >= 15 is 0 Å². The van der Waals surface area contributed by atoms with Gasteiger partial charge in [0, 0.05) is 11.9 Å². The predicted octanol–water partition coefficient (Wildman–Crippen LogP) is 3.88. The van der Waals surface area contributed by atoms with Gasteiger partial charge in [-0.2, -0.15) is 0 Å². The lowest BCUT2D eigenvalue weighted by Gasteiger charge is -2.14. The molecule has 3 heteroatoms. The Hall–Kier alpha value is -2.83. The molecule has 3 nitrogen and oxygen atoms in total. The second-order valence-corrected chi connectivity index (χ2v) is 5.81. The summed E-state index contributed by atoms with van der Waals surface area (Å²) in [6.45, 7) is 1.89. The minimum absolute atomic E-state index is 0.453. The second-order valence-electron chi connectivity index (χ2n) is 5.81. The number of hydrogen-bond acceptors (Lipinski definition) is 3. The molecule has 0 saturated carbocycles. The maximum absolute atomic E-state index is 5.90. The Balaban J connectivity index is 1.66. The number of nitrogens with zero attached hydrogens (tertiary/aromatic N) is 2. The van der Waals surface area contributed by atoms with Crippen LogP contribution in [0.4, 0.5) is 0 Å². The monoisotopic (exact) mass is 316 g/mol. The van der Waals surface area contributed by atoms with E-state index in [1.54, 1.807) is 0 Å². The van der Waals surface area contributed by atoms with Crippen LogP contribution in [0.3, 0.4) is 0 Å². The van der Waals surface area contributed by atoms with Crippen LogP contribution in [0, 0.1) is 12.3 Å². The summed E-state index contributed by atoms with van der Waals surface area (Å²) in [6, 6.07) is 20.3. The molecule has 0 radical (unpaired) electrons. The number of aromatic nitrogens is 1. The fourth-order valence-electron chi connectivity index (χ4n) is 2.60. The van der Waals surface area contributed by atoms with E-state index in [-0.39, 0.29) is 0 Å². The van der Waals surface area contributed by atoms with Gasteiger partial charge in [-0.3, -0.25) is 4.90 Å². The van der Waals surface area contributed by atoms with Crippen molar-refractivity contribution in [1.29, 1.82) is 0 Å². The zero-order chi connectivity index (χ0) is 16.8. The predicted molar refractivity (Wildman–Crippen MR) is 97.7 cm³/mol. The number of para-hydroxylation sites is 1. The summed E-state index contributed by atoms with van der Waals surface area (Å²) in [5, 5.41) is 1.14. The molecule has 24 heavy (non-hydrogen) atoms. The lowest BCUT2D eigenvalue weighted by Crippen LogP contribution is -2.17. The average molecular weight is 316 g/mol. The second kappa shape index (κ2) is 7.63. The van der Waals surface area contributed by atoms with Gasteiger partial charge in [0.05, 0.1) is 17.8 Å². The molecule has 0 unspecified atom stereocenters. The van der Waals surface area contributed by atoms with Crippen LogP contribution in [-0.4, -0.2) is 23.5 Å². The summed E-state index contributed by atoms with van der Waals surface area (Å²) in [4.78, 5) is 6.72. The summed E-state index contributed by atoms with van der Waals surface area (Å²) in [5.41, 5.74) is 3.09. The molecule has 120 valence electrons. The van der Waals surface area contributed by atoms with Crippen LogP contribution in [0.25, 0.3) is 10.9 Å². The first-order valence-electron chi connectivity index (χ1n) is 7.93. The van der Waals surface area contributed by atoms with Gasteiger partial charge in [-0.25, -0.2) is 4.98 Å². The SMILES string of the molecule is C#CCN(C)Cc1cccc(OCc2ccc3ccccc3n2)c1. The molecule has 3 aromatic rings. The molecule has 0 amide bonds. The Morgan fingerprint density at radius 2 is 1.96 bits per heavy atom. The first kappa shape index (κ1) is 16.0. The summed E-state index contributed by atoms with van der Waals surface area (Å²) in [7, 11) is 2.01. The first-order valence-corrected chi connectivity index (χ1v) is 7.93. The van der Waals surface area contributed by atoms with E-state index in [2.05, 4.69) is 34.0 Å². The molecule has 0 N–H and O–H groups in total. The first-order chi connectivity index (χ1) is 11.7. The van der Waals surface area contributed by atoms with Crippen molar-refractivity contribution in [2.24, 2.45) is 0 Å². The van der Waals surface area contributed by atoms with Crippen molar-refractivity contribution in [1.82, 2.24) is 9.88 Å². The van der Waals surface area contributed by atoms with Gasteiger partial charge in [0.25, 0.3) is 0 Å². The van der Waals surface area contributed by atoms with Gasteiger partial charge in [0.15, 0.2) is 0 Å². The molecule has 0 aliphatic rings. The van der Waals surface area contributed by atoms with Crippen molar-refractivity contribution < 1.29 is 4.74 Å². The Morgan fingerprint density at radius 1 is 1.08 bits per heavy atom. The molecular formula is C21H20N2O. The quantitative estimate of drug-likeness (QED) is 0.645. The fraction of sp³-hybridized carbons (Fsp3) is 0.190. The van der Waals surface area contributed by atoms with Crippen LogP contribution in [0.5, 0.6) is 5.75 Å². The van der Waals surface area contributed by atoms with Crippen molar-refractivity contribution >= 4 is 10.9 Å². The summed E-state index contributed by atoms with van der Waals surface area (Å²) < 4.78 is 5.90. The van der Waals surface area contributed by atoms with Gasteiger partial charge < -0.3 is 4.74 Å².